The number of aryl methyl sites for hydroxylation is 1. The van der Waals surface area contributed by atoms with Crippen molar-refractivity contribution < 1.29 is 4.74 Å². The molecule has 1 atom stereocenters. The molecule has 5 heteroatoms. The van der Waals surface area contributed by atoms with Crippen molar-refractivity contribution in [2.75, 3.05) is 51.8 Å². The summed E-state index contributed by atoms with van der Waals surface area (Å²) in [6.07, 6.45) is 2.40. The van der Waals surface area contributed by atoms with Crippen molar-refractivity contribution in [1.82, 2.24) is 10.2 Å². The molecule has 2 aliphatic rings. The van der Waals surface area contributed by atoms with Crippen molar-refractivity contribution in [3.63, 3.8) is 0 Å². The molecule has 0 saturated carbocycles. The quantitative estimate of drug-likeness (QED) is 0.673. The first kappa shape index (κ1) is 18.1. The summed E-state index contributed by atoms with van der Waals surface area (Å²) in [6.45, 7) is 9.83. The molecule has 138 valence electrons. The molecule has 1 aromatic rings. The fourth-order valence-electron chi connectivity index (χ4n) is 3.90. The Bertz CT molecular complexity index is 620. The van der Waals surface area contributed by atoms with Crippen LogP contribution >= 0.6 is 0 Å². The van der Waals surface area contributed by atoms with E-state index in [1.54, 1.807) is 0 Å². The maximum absolute atomic E-state index is 5.66. The van der Waals surface area contributed by atoms with Crippen LogP contribution in [0.1, 0.15) is 30.9 Å². The second-order valence-electron chi connectivity index (χ2n) is 7.67. The first-order valence-corrected chi connectivity index (χ1v) is 9.41. The van der Waals surface area contributed by atoms with Crippen molar-refractivity contribution in [2.24, 2.45) is 10.4 Å². The molecule has 2 heterocycles. The highest BCUT2D eigenvalue weighted by Crippen LogP contribution is 2.38. The first-order valence-electron chi connectivity index (χ1n) is 9.41. The van der Waals surface area contributed by atoms with Crippen LogP contribution in [0.2, 0.25) is 0 Å². The van der Waals surface area contributed by atoms with E-state index >= 15 is 0 Å². The van der Waals surface area contributed by atoms with Crippen molar-refractivity contribution >= 4 is 11.6 Å². The number of hydrogen-bond donors (Lipinski definition) is 1. The Morgan fingerprint density at radius 3 is 2.88 bits per heavy atom. The molecule has 25 heavy (non-hydrogen) atoms. The number of anilines is 1. The monoisotopic (exact) mass is 344 g/mol. The van der Waals surface area contributed by atoms with E-state index in [-0.39, 0.29) is 0 Å². The zero-order valence-electron chi connectivity index (χ0n) is 16.1. The molecule has 2 saturated heterocycles. The summed E-state index contributed by atoms with van der Waals surface area (Å²) in [5.41, 5.74) is 4.16. The van der Waals surface area contributed by atoms with Gasteiger partial charge in [-0.1, -0.05) is 12.1 Å². The van der Waals surface area contributed by atoms with Gasteiger partial charge in [0.2, 0.25) is 0 Å². The Hall–Kier alpha value is -1.75. The molecule has 0 aliphatic carbocycles. The lowest BCUT2D eigenvalue weighted by atomic mass is 9.87. The third kappa shape index (κ3) is 4.09. The molecule has 0 radical (unpaired) electrons. The summed E-state index contributed by atoms with van der Waals surface area (Å²) in [5.74, 6) is 1.04. The molecular formula is C20H32N4O. The number of guanidine groups is 1. The molecule has 1 unspecified atom stereocenters. The average molecular weight is 345 g/mol. The molecule has 2 aliphatic heterocycles. The minimum Gasteiger partial charge on any atom is -0.381 e. The lowest BCUT2D eigenvalue weighted by Crippen LogP contribution is -2.41. The van der Waals surface area contributed by atoms with Gasteiger partial charge in [-0.05, 0) is 43.9 Å². The third-order valence-corrected chi connectivity index (χ3v) is 5.38. The van der Waals surface area contributed by atoms with Gasteiger partial charge in [0.15, 0.2) is 5.96 Å². The largest absolute Gasteiger partial charge is 0.381 e. The Kier molecular flexibility index (Phi) is 5.52. The van der Waals surface area contributed by atoms with Gasteiger partial charge in [0, 0.05) is 51.4 Å². The van der Waals surface area contributed by atoms with Gasteiger partial charge < -0.3 is 19.9 Å². The van der Waals surface area contributed by atoms with Crippen LogP contribution in [0.4, 0.5) is 5.69 Å². The van der Waals surface area contributed by atoms with Crippen LogP contribution in [-0.4, -0.2) is 57.8 Å². The van der Waals surface area contributed by atoms with E-state index in [1.165, 1.54) is 29.7 Å². The standard InChI is InChI=1S/C20H32N4O/c1-5-21-19(24-10-8-20(14-24)9-11-25-15-20)22-13-17-7-6-16(2)12-18(17)23(3)4/h6-7,12H,5,8-11,13-15H2,1-4H3,(H,21,22). The van der Waals surface area contributed by atoms with Gasteiger partial charge in [-0.15, -0.1) is 0 Å². The summed E-state index contributed by atoms with van der Waals surface area (Å²) < 4.78 is 5.66. The number of nitrogens with zero attached hydrogens (tertiary/aromatic N) is 3. The van der Waals surface area contributed by atoms with Crippen LogP contribution in [0.15, 0.2) is 23.2 Å². The maximum atomic E-state index is 5.66. The van der Waals surface area contributed by atoms with Crippen molar-refractivity contribution in [2.45, 2.75) is 33.2 Å². The van der Waals surface area contributed by atoms with E-state index in [2.05, 4.69) is 61.3 Å². The van der Waals surface area contributed by atoms with Gasteiger partial charge in [-0.3, -0.25) is 0 Å². The van der Waals surface area contributed by atoms with E-state index in [9.17, 15) is 0 Å². The highest BCUT2D eigenvalue weighted by Gasteiger charge is 2.42. The lowest BCUT2D eigenvalue weighted by molar-refractivity contribution is 0.156. The Morgan fingerprint density at radius 2 is 2.20 bits per heavy atom. The van der Waals surface area contributed by atoms with Crippen LogP contribution < -0.4 is 10.2 Å². The zero-order chi connectivity index (χ0) is 17.9. The highest BCUT2D eigenvalue weighted by molar-refractivity contribution is 5.80. The van der Waals surface area contributed by atoms with Gasteiger partial charge in [0.25, 0.3) is 0 Å². The fraction of sp³-hybridized carbons (Fsp3) is 0.650. The van der Waals surface area contributed by atoms with E-state index in [1.807, 2.05) is 0 Å². The smallest absolute Gasteiger partial charge is 0.194 e. The van der Waals surface area contributed by atoms with Gasteiger partial charge in [-0.2, -0.15) is 0 Å². The summed E-state index contributed by atoms with van der Waals surface area (Å²) in [4.78, 5) is 9.55. The third-order valence-electron chi connectivity index (χ3n) is 5.38. The Labute approximate surface area is 152 Å². The fourth-order valence-corrected chi connectivity index (χ4v) is 3.90. The number of hydrogen-bond acceptors (Lipinski definition) is 3. The van der Waals surface area contributed by atoms with Gasteiger partial charge >= 0.3 is 0 Å². The molecule has 1 N–H and O–H groups in total. The molecule has 0 amide bonds. The molecule has 0 bridgehead atoms. The number of rotatable bonds is 4. The predicted molar refractivity (Wildman–Crippen MR) is 104 cm³/mol. The summed E-state index contributed by atoms with van der Waals surface area (Å²) >= 11 is 0. The van der Waals surface area contributed by atoms with Crippen LogP contribution in [0.25, 0.3) is 0 Å². The van der Waals surface area contributed by atoms with E-state index < -0.39 is 0 Å². The number of aliphatic imine (C=N–C) groups is 1. The Morgan fingerprint density at radius 1 is 1.36 bits per heavy atom. The van der Waals surface area contributed by atoms with Crippen LogP contribution in [0.5, 0.6) is 0 Å². The summed E-state index contributed by atoms with van der Waals surface area (Å²) in [7, 11) is 4.19. The van der Waals surface area contributed by atoms with Gasteiger partial charge in [-0.25, -0.2) is 4.99 Å². The number of likely N-dealkylation sites (tertiary alicyclic amines) is 1. The lowest BCUT2D eigenvalue weighted by Gasteiger charge is -2.25. The first-order chi connectivity index (χ1) is 12.0. The molecule has 2 fully saturated rings. The maximum Gasteiger partial charge on any atom is 0.194 e. The predicted octanol–water partition coefficient (Wildman–Crippen LogP) is 2.64. The van der Waals surface area contributed by atoms with Crippen molar-refractivity contribution in [3.05, 3.63) is 29.3 Å². The van der Waals surface area contributed by atoms with Crippen molar-refractivity contribution in [3.8, 4) is 0 Å². The van der Waals surface area contributed by atoms with Gasteiger partial charge in [0.05, 0.1) is 13.2 Å². The van der Waals surface area contributed by atoms with E-state index in [0.717, 1.165) is 38.8 Å². The molecule has 3 rings (SSSR count). The minimum absolute atomic E-state index is 0.356. The normalized spacial score (nSPS) is 23.5. The second-order valence-corrected chi connectivity index (χ2v) is 7.67. The topological polar surface area (TPSA) is 40.1 Å². The van der Waals surface area contributed by atoms with Crippen molar-refractivity contribution in [1.29, 1.82) is 0 Å². The van der Waals surface area contributed by atoms with Crippen LogP contribution in [0, 0.1) is 12.3 Å². The molecule has 1 spiro atoms. The van der Waals surface area contributed by atoms with Gasteiger partial charge in [0.1, 0.15) is 0 Å². The average Bonchev–Trinajstić information content (AvgIpc) is 3.22. The molecular weight excluding hydrogens is 312 g/mol. The zero-order valence-corrected chi connectivity index (χ0v) is 16.1. The molecule has 5 nitrogen and oxygen atoms in total. The van der Waals surface area contributed by atoms with Crippen LogP contribution in [-0.2, 0) is 11.3 Å². The number of nitrogens with one attached hydrogen (secondary N) is 1. The number of ether oxygens (including phenoxy) is 1. The van der Waals surface area contributed by atoms with Crippen LogP contribution in [0.3, 0.4) is 0 Å². The second kappa shape index (κ2) is 7.65. The molecule has 0 aromatic heterocycles. The SMILES string of the molecule is CCNC(=NCc1ccc(C)cc1N(C)C)N1CCC2(CCOC2)C1. The van der Waals surface area contributed by atoms with E-state index in [4.69, 9.17) is 9.73 Å². The van der Waals surface area contributed by atoms with E-state index in [0.29, 0.717) is 12.0 Å². The Balaban J connectivity index is 1.75. The molecule has 1 aromatic carbocycles. The highest BCUT2D eigenvalue weighted by atomic mass is 16.5. The summed E-state index contributed by atoms with van der Waals surface area (Å²) in [6, 6.07) is 6.61. The minimum atomic E-state index is 0.356. The summed E-state index contributed by atoms with van der Waals surface area (Å²) in [5, 5.41) is 3.48. The number of benzene rings is 1.